The highest BCUT2D eigenvalue weighted by Crippen LogP contribution is 2.22. The molecule has 1 amide bonds. The monoisotopic (exact) mass is 400 g/mol. The fraction of sp³-hybridized carbons (Fsp3) is 0.0500. The van der Waals surface area contributed by atoms with Crippen LogP contribution in [0.25, 0.3) is 0 Å². The molecule has 0 aliphatic rings. The number of anilines is 2. The number of halogens is 1. The number of hydrogen-bond donors (Lipinski definition) is 2. The summed E-state index contributed by atoms with van der Waals surface area (Å²) in [6.07, 6.45) is 0. The van der Waals surface area contributed by atoms with Gasteiger partial charge in [0.2, 0.25) is 0 Å². The molecule has 0 spiro atoms. The fourth-order valence-corrected chi connectivity index (χ4v) is 3.75. The van der Waals surface area contributed by atoms with Crippen molar-refractivity contribution < 1.29 is 13.2 Å². The van der Waals surface area contributed by atoms with Gasteiger partial charge in [0.15, 0.2) is 0 Å². The fourth-order valence-electron chi connectivity index (χ4n) is 2.43. The second-order valence-electron chi connectivity index (χ2n) is 5.88. The van der Waals surface area contributed by atoms with Crippen molar-refractivity contribution in [1.82, 2.24) is 0 Å². The second-order valence-corrected chi connectivity index (χ2v) is 7.97. The highest BCUT2D eigenvalue weighted by Gasteiger charge is 2.16. The van der Waals surface area contributed by atoms with Gasteiger partial charge in [-0.3, -0.25) is 9.52 Å². The molecule has 0 radical (unpaired) electrons. The Labute approximate surface area is 163 Å². The minimum Gasteiger partial charge on any atom is -0.321 e. The van der Waals surface area contributed by atoms with E-state index in [1.165, 1.54) is 24.3 Å². The third-order valence-electron chi connectivity index (χ3n) is 3.94. The summed E-state index contributed by atoms with van der Waals surface area (Å²) in [7, 11) is -3.75. The van der Waals surface area contributed by atoms with Crippen molar-refractivity contribution in [3.05, 3.63) is 88.9 Å². The van der Waals surface area contributed by atoms with Crippen molar-refractivity contribution in [2.24, 2.45) is 0 Å². The van der Waals surface area contributed by atoms with E-state index in [0.29, 0.717) is 22.0 Å². The minimum absolute atomic E-state index is 0.0695. The molecule has 0 aromatic heterocycles. The van der Waals surface area contributed by atoms with E-state index in [1.54, 1.807) is 36.4 Å². The molecule has 5 nitrogen and oxygen atoms in total. The summed E-state index contributed by atoms with van der Waals surface area (Å²) < 4.78 is 27.6. The second kappa shape index (κ2) is 7.82. The highest BCUT2D eigenvalue weighted by atomic mass is 35.5. The SMILES string of the molecule is Cc1ccccc1NS(=O)(=O)c1ccc(C(=O)Nc2ccccc2Cl)cc1. The predicted octanol–water partition coefficient (Wildman–Crippen LogP) is 4.70. The van der Waals surface area contributed by atoms with E-state index in [4.69, 9.17) is 11.6 Å². The summed E-state index contributed by atoms with van der Waals surface area (Å²) in [6.45, 7) is 1.82. The summed E-state index contributed by atoms with van der Waals surface area (Å²) in [6, 6.07) is 19.7. The number of sulfonamides is 1. The molecule has 138 valence electrons. The third kappa shape index (κ3) is 4.48. The van der Waals surface area contributed by atoms with Gasteiger partial charge in [-0.05, 0) is 55.0 Å². The molecular formula is C20H17ClN2O3S. The van der Waals surface area contributed by atoms with E-state index in [2.05, 4.69) is 10.0 Å². The zero-order chi connectivity index (χ0) is 19.4. The maximum Gasteiger partial charge on any atom is 0.261 e. The van der Waals surface area contributed by atoms with E-state index in [9.17, 15) is 13.2 Å². The summed E-state index contributed by atoms with van der Waals surface area (Å²) in [5, 5.41) is 3.12. The number of para-hydroxylation sites is 2. The van der Waals surface area contributed by atoms with Gasteiger partial charge in [-0.2, -0.15) is 0 Å². The number of aryl methyl sites for hydroxylation is 1. The van der Waals surface area contributed by atoms with Crippen molar-refractivity contribution in [2.75, 3.05) is 10.0 Å². The normalized spacial score (nSPS) is 11.0. The number of hydrogen-bond acceptors (Lipinski definition) is 3. The lowest BCUT2D eigenvalue weighted by Gasteiger charge is -2.11. The van der Waals surface area contributed by atoms with Gasteiger partial charge in [-0.25, -0.2) is 8.42 Å². The van der Waals surface area contributed by atoms with Crippen LogP contribution in [0.5, 0.6) is 0 Å². The molecule has 0 unspecified atom stereocenters. The number of amides is 1. The van der Waals surface area contributed by atoms with Crippen molar-refractivity contribution >= 4 is 38.9 Å². The van der Waals surface area contributed by atoms with Crippen molar-refractivity contribution in [3.8, 4) is 0 Å². The van der Waals surface area contributed by atoms with E-state index in [1.807, 2.05) is 19.1 Å². The first-order valence-corrected chi connectivity index (χ1v) is 9.97. The number of carbonyl (C=O) groups excluding carboxylic acids is 1. The summed E-state index contributed by atoms with van der Waals surface area (Å²) in [5.74, 6) is -0.376. The predicted molar refractivity (Wildman–Crippen MR) is 108 cm³/mol. The lowest BCUT2D eigenvalue weighted by atomic mass is 10.2. The molecule has 0 atom stereocenters. The molecule has 0 saturated heterocycles. The van der Waals surface area contributed by atoms with Crippen molar-refractivity contribution in [2.45, 2.75) is 11.8 Å². The Morgan fingerprint density at radius 2 is 1.44 bits per heavy atom. The molecule has 7 heteroatoms. The molecule has 0 saturated carbocycles. The van der Waals surface area contributed by atoms with E-state index in [-0.39, 0.29) is 10.8 Å². The molecule has 3 aromatic rings. The molecule has 0 fully saturated rings. The van der Waals surface area contributed by atoms with Crippen LogP contribution in [0, 0.1) is 6.92 Å². The van der Waals surface area contributed by atoms with Gasteiger partial charge in [0.25, 0.3) is 15.9 Å². The van der Waals surface area contributed by atoms with Gasteiger partial charge < -0.3 is 5.32 Å². The molecule has 0 heterocycles. The van der Waals surface area contributed by atoms with Crippen LogP contribution in [-0.2, 0) is 10.0 Å². The standard InChI is InChI=1S/C20H17ClN2O3S/c1-14-6-2-4-8-18(14)23-27(25,26)16-12-10-15(11-13-16)20(24)22-19-9-5-3-7-17(19)21/h2-13,23H,1H3,(H,22,24). The molecule has 3 rings (SSSR count). The first kappa shape index (κ1) is 18.9. The number of benzene rings is 3. The minimum atomic E-state index is -3.75. The lowest BCUT2D eigenvalue weighted by molar-refractivity contribution is 0.102. The Balaban J connectivity index is 1.77. The van der Waals surface area contributed by atoms with Crippen LogP contribution in [0.3, 0.4) is 0 Å². The van der Waals surface area contributed by atoms with Crippen LogP contribution in [0.4, 0.5) is 11.4 Å². The Morgan fingerprint density at radius 1 is 0.852 bits per heavy atom. The van der Waals surface area contributed by atoms with Gasteiger partial charge in [0.1, 0.15) is 0 Å². The zero-order valence-corrected chi connectivity index (χ0v) is 16.0. The van der Waals surface area contributed by atoms with Crippen LogP contribution in [-0.4, -0.2) is 14.3 Å². The van der Waals surface area contributed by atoms with E-state index < -0.39 is 10.0 Å². The first-order valence-electron chi connectivity index (χ1n) is 8.11. The smallest absolute Gasteiger partial charge is 0.261 e. The Hall–Kier alpha value is -2.83. The van der Waals surface area contributed by atoms with E-state index >= 15 is 0 Å². The molecule has 0 aliphatic carbocycles. The maximum atomic E-state index is 12.5. The van der Waals surface area contributed by atoms with Crippen LogP contribution in [0.15, 0.2) is 77.7 Å². The molecule has 2 N–H and O–H groups in total. The zero-order valence-electron chi connectivity index (χ0n) is 14.4. The lowest BCUT2D eigenvalue weighted by Crippen LogP contribution is -2.15. The Morgan fingerprint density at radius 3 is 2.07 bits per heavy atom. The molecular weight excluding hydrogens is 384 g/mol. The summed E-state index contributed by atoms with van der Waals surface area (Å²) >= 11 is 6.03. The van der Waals surface area contributed by atoms with Gasteiger partial charge in [-0.15, -0.1) is 0 Å². The van der Waals surface area contributed by atoms with Gasteiger partial charge >= 0.3 is 0 Å². The summed E-state index contributed by atoms with van der Waals surface area (Å²) in [4.78, 5) is 12.4. The van der Waals surface area contributed by atoms with Crippen molar-refractivity contribution in [1.29, 1.82) is 0 Å². The first-order chi connectivity index (χ1) is 12.9. The van der Waals surface area contributed by atoms with Crippen LogP contribution in [0.1, 0.15) is 15.9 Å². The topological polar surface area (TPSA) is 75.3 Å². The molecule has 27 heavy (non-hydrogen) atoms. The molecule has 0 bridgehead atoms. The Bertz CT molecular complexity index is 1080. The van der Waals surface area contributed by atoms with Gasteiger partial charge in [0.05, 0.1) is 21.3 Å². The third-order valence-corrected chi connectivity index (χ3v) is 5.65. The average Bonchev–Trinajstić information content (AvgIpc) is 2.65. The van der Waals surface area contributed by atoms with Gasteiger partial charge in [0, 0.05) is 5.56 Å². The Kier molecular flexibility index (Phi) is 5.48. The summed E-state index contributed by atoms with van der Waals surface area (Å²) in [5.41, 5.74) is 2.14. The number of carbonyl (C=O) groups is 1. The largest absolute Gasteiger partial charge is 0.321 e. The average molecular weight is 401 g/mol. The van der Waals surface area contributed by atoms with Gasteiger partial charge in [-0.1, -0.05) is 41.9 Å². The van der Waals surface area contributed by atoms with Crippen LogP contribution in [0.2, 0.25) is 5.02 Å². The van der Waals surface area contributed by atoms with E-state index in [0.717, 1.165) is 5.56 Å². The van der Waals surface area contributed by atoms with Crippen LogP contribution < -0.4 is 10.0 Å². The number of rotatable bonds is 5. The quantitative estimate of drug-likeness (QED) is 0.651. The molecule has 0 aliphatic heterocycles. The molecule has 3 aromatic carbocycles. The van der Waals surface area contributed by atoms with Crippen LogP contribution >= 0.6 is 11.6 Å². The highest BCUT2D eigenvalue weighted by molar-refractivity contribution is 7.92. The number of nitrogens with one attached hydrogen (secondary N) is 2. The van der Waals surface area contributed by atoms with Crippen molar-refractivity contribution in [3.63, 3.8) is 0 Å². The maximum absolute atomic E-state index is 12.5.